The zero-order valence-electron chi connectivity index (χ0n) is 13.9. The number of unbranched alkanes of at least 4 members (excludes halogenated alkanes) is 8. The second-order valence-electron chi connectivity index (χ2n) is 6.04. The van der Waals surface area contributed by atoms with Crippen molar-refractivity contribution in [1.82, 2.24) is 10.4 Å². The van der Waals surface area contributed by atoms with Crippen molar-refractivity contribution in [3.8, 4) is 0 Å². The molecule has 0 aliphatic rings. The first-order valence-corrected chi connectivity index (χ1v) is 9.51. The largest absolute Gasteiger partial charge is 0.271 e. The van der Waals surface area contributed by atoms with Gasteiger partial charge in [0.05, 0.1) is 10.7 Å². The van der Waals surface area contributed by atoms with Gasteiger partial charge in [-0.1, -0.05) is 64.7 Å². The first kappa shape index (κ1) is 18.6. The second-order valence-corrected chi connectivity index (χ2v) is 7.10. The van der Waals surface area contributed by atoms with Gasteiger partial charge >= 0.3 is 0 Å². The maximum Gasteiger partial charge on any atom is 0.0897 e. The highest BCUT2D eigenvalue weighted by molar-refractivity contribution is 7.09. The molecule has 0 saturated heterocycles. The van der Waals surface area contributed by atoms with Crippen molar-refractivity contribution in [2.75, 3.05) is 0 Å². The summed E-state index contributed by atoms with van der Waals surface area (Å²) in [7, 11) is 0. The van der Waals surface area contributed by atoms with Gasteiger partial charge < -0.3 is 0 Å². The third-order valence-corrected chi connectivity index (χ3v) is 4.84. The molecule has 0 radical (unpaired) electrons. The summed E-state index contributed by atoms with van der Waals surface area (Å²) < 4.78 is 0. The van der Waals surface area contributed by atoms with Crippen LogP contribution in [0, 0.1) is 6.92 Å². The molecular weight excluding hydrogens is 278 g/mol. The third kappa shape index (κ3) is 9.22. The van der Waals surface area contributed by atoms with Crippen LogP contribution in [-0.4, -0.2) is 11.0 Å². The van der Waals surface area contributed by atoms with Gasteiger partial charge in [-0.3, -0.25) is 11.3 Å². The Hall–Kier alpha value is -0.450. The maximum atomic E-state index is 5.66. The van der Waals surface area contributed by atoms with Crippen molar-refractivity contribution < 1.29 is 0 Å². The molecule has 0 aliphatic carbocycles. The summed E-state index contributed by atoms with van der Waals surface area (Å²) in [5, 5.41) is 3.29. The molecule has 21 heavy (non-hydrogen) atoms. The van der Waals surface area contributed by atoms with E-state index in [0.717, 1.165) is 17.8 Å². The van der Waals surface area contributed by atoms with Crippen LogP contribution in [0.5, 0.6) is 0 Å². The standard InChI is InChI=1S/C17H33N3S/c1-3-4-5-6-7-8-9-10-11-12-16(20-18)13-17-14-21-15(2)19-17/h14,16,20H,3-13,18H2,1-2H3. The Kier molecular flexibility index (Phi) is 10.7. The van der Waals surface area contributed by atoms with E-state index in [4.69, 9.17) is 5.84 Å². The number of aryl methyl sites for hydroxylation is 1. The Balaban J connectivity index is 1.99. The van der Waals surface area contributed by atoms with E-state index in [1.807, 2.05) is 0 Å². The molecule has 0 fully saturated rings. The molecule has 1 aromatic rings. The molecule has 0 spiro atoms. The number of hydrogen-bond donors (Lipinski definition) is 2. The van der Waals surface area contributed by atoms with E-state index >= 15 is 0 Å². The van der Waals surface area contributed by atoms with Crippen LogP contribution in [0.3, 0.4) is 0 Å². The minimum absolute atomic E-state index is 0.371. The Labute approximate surface area is 134 Å². The highest BCUT2D eigenvalue weighted by Gasteiger charge is 2.09. The molecule has 0 bridgehead atoms. The van der Waals surface area contributed by atoms with Crippen LogP contribution < -0.4 is 11.3 Å². The summed E-state index contributed by atoms with van der Waals surface area (Å²) in [6, 6.07) is 0.371. The molecule has 0 aliphatic heterocycles. The molecule has 1 aromatic heterocycles. The maximum absolute atomic E-state index is 5.66. The third-order valence-electron chi connectivity index (χ3n) is 4.01. The molecule has 0 aromatic carbocycles. The fourth-order valence-corrected chi connectivity index (χ4v) is 3.33. The normalized spacial score (nSPS) is 12.7. The smallest absolute Gasteiger partial charge is 0.0897 e. The van der Waals surface area contributed by atoms with Crippen molar-refractivity contribution in [3.05, 3.63) is 16.1 Å². The van der Waals surface area contributed by atoms with Gasteiger partial charge in [0.15, 0.2) is 0 Å². The Morgan fingerprint density at radius 1 is 1.10 bits per heavy atom. The van der Waals surface area contributed by atoms with Crippen LogP contribution in [0.2, 0.25) is 0 Å². The molecule has 3 nitrogen and oxygen atoms in total. The van der Waals surface area contributed by atoms with E-state index in [9.17, 15) is 0 Å². The van der Waals surface area contributed by atoms with Gasteiger partial charge in [-0.25, -0.2) is 4.98 Å². The number of nitrogens with one attached hydrogen (secondary N) is 1. The lowest BCUT2D eigenvalue weighted by molar-refractivity contribution is 0.455. The zero-order chi connectivity index (χ0) is 15.3. The predicted molar refractivity (Wildman–Crippen MR) is 93.5 cm³/mol. The fourth-order valence-electron chi connectivity index (χ4n) is 2.70. The van der Waals surface area contributed by atoms with E-state index in [1.54, 1.807) is 11.3 Å². The summed E-state index contributed by atoms with van der Waals surface area (Å²) in [4.78, 5) is 4.51. The molecule has 1 rings (SSSR count). The number of aromatic nitrogens is 1. The van der Waals surface area contributed by atoms with E-state index in [1.165, 1.54) is 63.5 Å². The van der Waals surface area contributed by atoms with Gasteiger partial charge in [0.1, 0.15) is 0 Å². The molecule has 0 amide bonds. The SMILES string of the molecule is CCCCCCCCCCCC(Cc1csc(C)n1)NN. The van der Waals surface area contributed by atoms with E-state index in [2.05, 4.69) is 29.6 Å². The van der Waals surface area contributed by atoms with Crippen molar-refractivity contribution in [2.45, 2.75) is 90.5 Å². The summed E-state index contributed by atoms with van der Waals surface area (Å²) in [6.45, 7) is 4.33. The van der Waals surface area contributed by atoms with E-state index in [0.29, 0.717) is 6.04 Å². The van der Waals surface area contributed by atoms with Gasteiger partial charge in [-0.15, -0.1) is 11.3 Å². The van der Waals surface area contributed by atoms with Crippen molar-refractivity contribution in [1.29, 1.82) is 0 Å². The number of hydrogen-bond acceptors (Lipinski definition) is 4. The minimum atomic E-state index is 0.371. The Morgan fingerprint density at radius 2 is 1.71 bits per heavy atom. The number of nitrogens with two attached hydrogens (primary N) is 1. The molecular formula is C17H33N3S. The quantitative estimate of drug-likeness (QED) is 0.314. The average Bonchev–Trinajstić information content (AvgIpc) is 2.89. The van der Waals surface area contributed by atoms with Crippen LogP contribution in [0.15, 0.2) is 5.38 Å². The van der Waals surface area contributed by atoms with E-state index in [-0.39, 0.29) is 0 Å². The lowest BCUT2D eigenvalue weighted by Gasteiger charge is -2.14. The van der Waals surface area contributed by atoms with Crippen molar-refractivity contribution in [2.24, 2.45) is 5.84 Å². The molecule has 4 heteroatoms. The highest BCUT2D eigenvalue weighted by atomic mass is 32.1. The second kappa shape index (κ2) is 12.1. The van der Waals surface area contributed by atoms with Crippen LogP contribution in [0.1, 0.15) is 81.8 Å². The fraction of sp³-hybridized carbons (Fsp3) is 0.824. The first-order valence-electron chi connectivity index (χ1n) is 8.63. The lowest BCUT2D eigenvalue weighted by atomic mass is 10.0. The van der Waals surface area contributed by atoms with Crippen LogP contribution in [0.25, 0.3) is 0 Å². The first-order chi connectivity index (χ1) is 10.3. The average molecular weight is 312 g/mol. The number of hydrazine groups is 1. The van der Waals surface area contributed by atoms with Gasteiger partial charge in [0.25, 0.3) is 0 Å². The molecule has 1 heterocycles. The van der Waals surface area contributed by atoms with Crippen LogP contribution in [-0.2, 0) is 6.42 Å². The summed E-state index contributed by atoms with van der Waals surface area (Å²) in [6.07, 6.45) is 14.5. The number of nitrogens with zero attached hydrogens (tertiary/aromatic N) is 1. The minimum Gasteiger partial charge on any atom is -0.271 e. The zero-order valence-corrected chi connectivity index (χ0v) is 14.7. The summed E-state index contributed by atoms with van der Waals surface area (Å²) >= 11 is 1.72. The summed E-state index contributed by atoms with van der Waals surface area (Å²) in [5.74, 6) is 5.66. The van der Waals surface area contributed by atoms with Gasteiger partial charge in [0.2, 0.25) is 0 Å². The molecule has 1 atom stereocenters. The topological polar surface area (TPSA) is 50.9 Å². The Bertz CT molecular complexity index is 352. The predicted octanol–water partition coefficient (Wildman–Crippen LogP) is 4.75. The van der Waals surface area contributed by atoms with Crippen molar-refractivity contribution >= 4 is 11.3 Å². The number of rotatable bonds is 13. The number of thiazole rings is 1. The summed E-state index contributed by atoms with van der Waals surface area (Å²) in [5.41, 5.74) is 4.13. The monoisotopic (exact) mass is 311 g/mol. The van der Waals surface area contributed by atoms with Crippen LogP contribution in [0.4, 0.5) is 0 Å². The van der Waals surface area contributed by atoms with Gasteiger partial charge in [0, 0.05) is 17.8 Å². The van der Waals surface area contributed by atoms with Gasteiger partial charge in [-0.2, -0.15) is 0 Å². The molecule has 0 saturated carbocycles. The van der Waals surface area contributed by atoms with E-state index < -0.39 is 0 Å². The molecule has 122 valence electrons. The lowest BCUT2D eigenvalue weighted by Crippen LogP contribution is -2.36. The van der Waals surface area contributed by atoms with Crippen LogP contribution >= 0.6 is 11.3 Å². The van der Waals surface area contributed by atoms with Gasteiger partial charge in [-0.05, 0) is 13.3 Å². The molecule has 3 N–H and O–H groups in total. The van der Waals surface area contributed by atoms with Crippen molar-refractivity contribution in [3.63, 3.8) is 0 Å². The highest BCUT2D eigenvalue weighted by Crippen LogP contribution is 2.14. The molecule has 1 unspecified atom stereocenters. The Morgan fingerprint density at radius 3 is 2.24 bits per heavy atom.